The molecule has 3 nitrogen and oxygen atoms in total. The number of amides is 1. The van der Waals surface area contributed by atoms with E-state index in [0.29, 0.717) is 24.8 Å². The van der Waals surface area contributed by atoms with Gasteiger partial charge in [-0.05, 0) is 44.4 Å². The van der Waals surface area contributed by atoms with Gasteiger partial charge in [0.1, 0.15) is 0 Å². The Kier molecular flexibility index (Phi) is 1.77. The first kappa shape index (κ1) is 9.37. The van der Waals surface area contributed by atoms with Crippen LogP contribution in [0.5, 0.6) is 0 Å². The molecule has 15 heavy (non-hydrogen) atoms. The molecule has 0 bridgehead atoms. The first-order valence-corrected chi connectivity index (χ1v) is 5.99. The van der Waals surface area contributed by atoms with E-state index in [1.165, 1.54) is 25.7 Å². The summed E-state index contributed by atoms with van der Waals surface area (Å²) in [4.78, 5) is 25.0. The van der Waals surface area contributed by atoms with Gasteiger partial charge in [0, 0.05) is 18.5 Å². The predicted octanol–water partition coefficient (Wildman–Crippen LogP) is 1.37. The largest absolute Gasteiger partial charge is 0.330 e. The van der Waals surface area contributed by atoms with Gasteiger partial charge in [0.25, 0.3) is 5.91 Å². The molecule has 1 heterocycles. The minimum Gasteiger partial charge on any atom is -0.330 e. The molecule has 1 amide bonds. The highest BCUT2D eigenvalue weighted by molar-refractivity contribution is 6.38. The van der Waals surface area contributed by atoms with Gasteiger partial charge in [0.05, 0.1) is 0 Å². The van der Waals surface area contributed by atoms with Crippen molar-refractivity contribution in [3.05, 3.63) is 0 Å². The van der Waals surface area contributed by atoms with Crippen LogP contribution in [-0.2, 0) is 9.59 Å². The summed E-state index contributed by atoms with van der Waals surface area (Å²) in [6.07, 6.45) is 5.40. The van der Waals surface area contributed by atoms with Gasteiger partial charge in [-0.15, -0.1) is 0 Å². The van der Waals surface area contributed by atoms with Gasteiger partial charge in [-0.3, -0.25) is 9.59 Å². The molecular formula is C12H17NO2. The lowest BCUT2D eigenvalue weighted by Gasteiger charge is -2.39. The Morgan fingerprint density at radius 2 is 1.67 bits per heavy atom. The Labute approximate surface area is 89.8 Å². The molecule has 0 spiro atoms. The van der Waals surface area contributed by atoms with Gasteiger partial charge in [-0.1, -0.05) is 0 Å². The second-order valence-corrected chi connectivity index (χ2v) is 5.40. The molecule has 3 heteroatoms. The second kappa shape index (κ2) is 2.83. The van der Waals surface area contributed by atoms with Crippen molar-refractivity contribution in [1.82, 2.24) is 4.90 Å². The Morgan fingerprint density at radius 1 is 1.13 bits per heavy atom. The fourth-order valence-electron chi connectivity index (χ4n) is 3.14. The zero-order valence-corrected chi connectivity index (χ0v) is 9.16. The molecule has 3 rings (SSSR count). The highest BCUT2D eigenvalue weighted by Gasteiger charge is 2.57. The summed E-state index contributed by atoms with van der Waals surface area (Å²) in [5.74, 6) is 0.943. The van der Waals surface area contributed by atoms with Crippen molar-refractivity contribution < 1.29 is 9.59 Å². The van der Waals surface area contributed by atoms with Crippen molar-refractivity contribution in [3.8, 4) is 0 Å². The van der Waals surface area contributed by atoms with Gasteiger partial charge >= 0.3 is 0 Å². The third-order valence-corrected chi connectivity index (χ3v) is 4.44. The normalized spacial score (nSPS) is 27.7. The molecule has 1 saturated heterocycles. The van der Waals surface area contributed by atoms with Crippen LogP contribution >= 0.6 is 0 Å². The number of likely N-dealkylation sites (tertiary alicyclic amines) is 1. The number of ketones is 1. The maximum atomic E-state index is 11.8. The summed E-state index contributed by atoms with van der Waals surface area (Å²) < 4.78 is 0. The van der Waals surface area contributed by atoms with Crippen molar-refractivity contribution >= 4 is 11.7 Å². The molecule has 82 valence electrons. The molecule has 0 unspecified atom stereocenters. The molecule has 0 N–H and O–H groups in total. The standard InChI is InChI=1S/C12H17NO2/c1-12(8-2-3-8,9-4-5-9)13-7-6-10(14)11(13)15/h8-9H,2-7H2,1H3. The van der Waals surface area contributed by atoms with E-state index >= 15 is 0 Å². The third kappa shape index (κ3) is 1.25. The van der Waals surface area contributed by atoms with Crippen LogP contribution in [-0.4, -0.2) is 28.7 Å². The van der Waals surface area contributed by atoms with E-state index in [-0.39, 0.29) is 17.2 Å². The molecule has 0 aromatic carbocycles. The van der Waals surface area contributed by atoms with E-state index in [1.807, 2.05) is 4.90 Å². The van der Waals surface area contributed by atoms with Gasteiger partial charge in [0.2, 0.25) is 5.78 Å². The quantitative estimate of drug-likeness (QED) is 0.655. The lowest BCUT2D eigenvalue weighted by atomic mass is 9.88. The fourth-order valence-corrected chi connectivity index (χ4v) is 3.14. The van der Waals surface area contributed by atoms with E-state index in [9.17, 15) is 9.59 Å². The maximum absolute atomic E-state index is 11.8. The number of hydrogen-bond donors (Lipinski definition) is 0. The third-order valence-electron chi connectivity index (χ3n) is 4.44. The number of hydrogen-bond acceptors (Lipinski definition) is 2. The number of carbonyl (C=O) groups excluding carboxylic acids is 2. The van der Waals surface area contributed by atoms with Crippen molar-refractivity contribution in [2.75, 3.05) is 6.54 Å². The molecule has 3 fully saturated rings. The summed E-state index contributed by atoms with van der Waals surface area (Å²) in [6, 6.07) is 0. The van der Waals surface area contributed by atoms with Crippen LogP contribution < -0.4 is 0 Å². The molecule has 0 atom stereocenters. The average Bonchev–Trinajstić information content (AvgIpc) is 3.07. The summed E-state index contributed by atoms with van der Waals surface area (Å²) in [7, 11) is 0. The number of nitrogens with zero attached hydrogens (tertiary/aromatic N) is 1. The summed E-state index contributed by atoms with van der Waals surface area (Å²) in [6.45, 7) is 2.88. The van der Waals surface area contributed by atoms with Crippen LogP contribution in [0.25, 0.3) is 0 Å². The van der Waals surface area contributed by atoms with Crippen molar-refractivity contribution in [1.29, 1.82) is 0 Å². The maximum Gasteiger partial charge on any atom is 0.290 e. The van der Waals surface area contributed by atoms with Crippen LogP contribution in [0.3, 0.4) is 0 Å². The predicted molar refractivity (Wildman–Crippen MR) is 55.2 cm³/mol. The lowest BCUT2D eigenvalue weighted by Crippen LogP contribution is -2.51. The van der Waals surface area contributed by atoms with Crippen molar-refractivity contribution in [2.24, 2.45) is 11.8 Å². The monoisotopic (exact) mass is 207 g/mol. The first-order chi connectivity index (χ1) is 7.14. The number of Topliss-reactive ketones (excluding diaryl/α,β-unsaturated/α-hetero) is 1. The first-order valence-electron chi connectivity index (χ1n) is 5.99. The van der Waals surface area contributed by atoms with Crippen LogP contribution in [0.15, 0.2) is 0 Å². The van der Waals surface area contributed by atoms with E-state index in [2.05, 4.69) is 6.92 Å². The number of carbonyl (C=O) groups is 2. The Hall–Kier alpha value is -0.860. The van der Waals surface area contributed by atoms with Gasteiger partial charge < -0.3 is 4.90 Å². The van der Waals surface area contributed by atoms with Crippen molar-refractivity contribution in [3.63, 3.8) is 0 Å². The van der Waals surface area contributed by atoms with E-state index in [0.717, 1.165) is 0 Å². The molecule has 1 aliphatic heterocycles. The van der Waals surface area contributed by atoms with E-state index in [4.69, 9.17) is 0 Å². The Balaban J connectivity index is 1.89. The summed E-state index contributed by atoms with van der Waals surface area (Å²) in [5, 5.41) is 0. The molecule has 0 aromatic heterocycles. The topological polar surface area (TPSA) is 37.4 Å². The van der Waals surface area contributed by atoms with Crippen molar-refractivity contribution in [2.45, 2.75) is 44.6 Å². The minimum absolute atomic E-state index is 0.0171. The van der Waals surface area contributed by atoms with Gasteiger partial charge in [-0.25, -0.2) is 0 Å². The highest BCUT2D eigenvalue weighted by atomic mass is 16.2. The molecular weight excluding hydrogens is 190 g/mol. The smallest absolute Gasteiger partial charge is 0.290 e. The molecule has 2 aliphatic carbocycles. The van der Waals surface area contributed by atoms with E-state index < -0.39 is 0 Å². The Morgan fingerprint density at radius 3 is 2.00 bits per heavy atom. The molecule has 3 aliphatic rings. The summed E-state index contributed by atoms with van der Waals surface area (Å²) >= 11 is 0. The fraction of sp³-hybridized carbons (Fsp3) is 0.833. The molecule has 0 radical (unpaired) electrons. The van der Waals surface area contributed by atoms with Gasteiger partial charge in [-0.2, -0.15) is 0 Å². The number of rotatable bonds is 3. The van der Waals surface area contributed by atoms with Gasteiger partial charge in [0.15, 0.2) is 0 Å². The SMILES string of the molecule is CC(C1CC1)(C1CC1)N1CCC(=O)C1=O. The zero-order valence-electron chi connectivity index (χ0n) is 9.16. The van der Waals surface area contributed by atoms with Crippen LogP contribution in [0.1, 0.15) is 39.0 Å². The van der Waals surface area contributed by atoms with Crippen LogP contribution in [0.2, 0.25) is 0 Å². The van der Waals surface area contributed by atoms with Crippen LogP contribution in [0.4, 0.5) is 0 Å². The highest BCUT2D eigenvalue weighted by Crippen LogP contribution is 2.55. The average molecular weight is 207 g/mol. The lowest BCUT2D eigenvalue weighted by molar-refractivity contribution is -0.144. The van der Waals surface area contributed by atoms with E-state index in [1.54, 1.807) is 0 Å². The summed E-state index contributed by atoms with van der Waals surface area (Å²) in [5.41, 5.74) is 0.0171. The second-order valence-electron chi connectivity index (χ2n) is 5.40. The molecule has 0 aromatic rings. The molecule has 2 saturated carbocycles. The van der Waals surface area contributed by atoms with Crippen LogP contribution in [0, 0.1) is 11.8 Å². The zero-order chi connectivity index (χ0) is 10.6. The Bertz CT molecular complexity index is 317. The minimum atomic E-state index is -0.212.